The number of anilines is 1. The Kier molecular flexibility index (Phi) is 4.01. The van der Waals surface area contributed by atoms with Gasteiger partial charge in [0.1, 0.15) is 11.9 Å². The summed E-state index contributed by atoms with van der Waals surface area (Å²) in [5.41, 5.74) is 0. The van der Waals surface area contributed by atoms with Crippen molar-refractivity contribution < 1.29 is 9.59 Å². The molecule has 1 N–H and O–H groups in total. The zero-order valence-corrected chi connectivity index (χ0v) is 12.8. The fraction of sp³-hybridized carbons (Fsp3) is 0.364. The highest BCUT2D eigenvalue weighted by molar-refractivity contribution is 9.11. The Hall–Kier alpha value is -0.950. The van der Waals surface area contributed by atoms with Crippen LogP contribution in [-0.2, 0) is 9.59 Å². The van der Waals surface area contributed by atoms with Gasteiger partial charge in [0.15, 0.2) is 0 Å². The monoisotopic (exact) mass is 375 g/mol. The molecule has 2 heterocycles. The van der Waals surface area contributed by atoms with Gasteiger partial charge in [0, 0.05) is 24.1 Å². The van der Waals surface area contributed by atoms with Crippen molar-refractivity contribution in [1.29, 1.82) is 0 Å². The first-order chi connectivity index (χ1) is 8.49. The summed E-state index contributed by atoms with van der Waals surface area (Å²) >= 11 is 6.68. The third-order valence-electron chi connectivity index (χ3n) is 2.77. The summed E-state index contributed by atoms with van der Waals surface area (Å²) in [5, 5.41) is 3.05. The predicted molar refractivity (Wildman–Crippen MR) is 74.1 cm³/mol. The van der Waals surface area contributed by atoms with E-state index in [4.69, 9.17) is 0 Å². The maximum absolute atomic E-state index is 11.9. The van der Waals surface area contributed by atoms with Crippen molar-refractivity contribution in [2.24, 2.45) is 0 Å². The smallest absolute Gasteiger partial charge is 0.251 e. The topological polar surface area (TPSA) is 62.3 Å². The second kappa shape index (κ2) is 5.36. The molecule has 0 aliphatic carbocycles. The number of pyridine rings is 1. The van der Waals surface area contributed by atoms with Crippen molar-refractivity contribution in [3.63, 3.8) is 0 Å². The molecule has 2 rings (SSSR count). The number of carbonyl (C=O) groups is 2. The van der Waals surface area contributed by atoms with E-state index in [2.05, 4.69) is 42.2 Å². The quantitative estimate of drug-likeness (QED) is 0.803. The summed E-state index contributed by atoms with van der Waals surface area (Å²) in [5.74, 6) is 0.239. The molecule has 1 saturated heterocycles. The number of piperidine rings is 1. The predicted octanol–water partition coefficient (Wildman–Crippen LogP) is 2.17. The van der Waals surface area contributed by atoms with E-state index >= 15 is 0 Å². The van der Waals surface area contributed by atoms with E-state index in [1.807, 2.05) is 6.07 Å². The van der Waals surface area contributed by atoms with Crippen molar-refractivity contribution in [3.8, 4) is 0 Å². The lowest BCUT2D eigenvalue weighted by Gasteiger charge is -2.28. The number of aromatic nitrogens is 1. The Morgan fingerprint density at radius 1 is 1.44 bits per heavy atom. The van der Waals surface area contributed by atoms with E-state index in [1.165, 1.54) is 7.05 Å². The molecule has 7 heteroatoms. The highest BCUT2D eigenvalue weighted by atomic mass is 79.9. The van der Waals surface area contributed by atoms with E-state index in [0.29, 0.717) is 18.7 Å². The summed E-state index contributed by atoms with van der Waals surface area (Å²) in [6.07, 6.45) is 2.51. The number of amides is 2. The van der Waals surface area contributed by atoms with Gasteiger partial charge in [-0.05, 0) is 44.3 Å². The Labute approximate surface area is 121 Å². The van der Waals surface area contributed by atoms with Crippen LogP contribution < -0.4 is 5.32 Å². The van der Waals surface area contributed by atoms with Crippen LogP contribution in [0.3, 0.4) is 0 Å². The van der Waals surface area contributed by atoms with Crippen LogP contribution >= 0.6 is 31.9 Å². The molecule has 1 aromatic rings. The summed E-state index contributed by atoms with van der Waals surface area (Å²) in [6, 6.07) is 1.44. The SMILES string of the molecule is CN1C(=O)CCC(Nc2ncc(Br)cc2Br)C1=O. The Morgan fingerprint density at radius 2 is 2.17 bits per heavy atom. The summed E-state index contributed by atoms with van der Waals surface area (Å²) in [7, 11) is 1.50. The number of halogens is 2. The number of likely N-dealkylation sites (tertiary alicyclic amines) is 1. The molecule has 1 aliphatic rings. The van der Waals surface area contributed by atoms with E-state index in [-0.39, 0.29) is 11.8 Å². The van der Waals surface area contributed by atoms with Gasteiger partial charge in [-0.1, -0.05) is 0 Å². The number of likely N-dealkylation sites (N-methyl/N-ethyl adjacent to an activating group) is 1. The molecular weight excluding hydrogens is 366 g/mol. The fourth-order valence-electron chi connectivity index (χ4n) is 1.74. The van der Waals surface area contributed by atoms with Gasteiger partial charge in [-0.15, -0.1) is 0 Å². The number of carbonyl (C=O) groups excluding carboxylic acids is 2. The normalized spacial score (nSPS) is 20.2. The van der Waals surface area contributed by atoms with Crippen molar-refractivity contribution in [2.45, 2.75) is 18.9 Å². The lowest BCUT2D eigenvalue weighted by atomic mass is 10.0. The first kappa shape index (κ1) is 13.5. The molecule has 0 radical (unpaired) electrons. The zero-order valence-electron chi connectivity index (χ0n) is 9.61. The maximum atomic E-state index is 11.9. The molecule has 1 aromatic heterocycles. The van der Waals surface area contributed by atoms with Crippen molar-refractivity contribution in [3.05, 3.63) is 21.2 Å². The second-order valence-electron chi connectivity index (χ2n) is 4.01. The number of rotatable bonds is 2. The summed E-state index contributed by atoms with van der Waals surface area (Å²) in [6.45, 7) is 0. The average Bonchev–Trinajstić information content (AvgIpc) is 2.33. The van der Waals surface area contributed by atoms with Gasteiger partial charge >= 0.3 is 0 Å². The van der Waals surface area contributed by atoms with Crippen LogP contribution in [0.15, 0.2) is 21.2 Å². The number of hydrogen-bond acceptors (Lipinski definition) is 4. The molecule has 0 bridgehead atoms. The second-order valence-corrected chi connectivity index (χ2v) is 5.78. The van der Waals surface area contributed by atoms with Gasteiger partial charge in [-0.2, -0.15) is 0 Å². The Morgan fingerprint density at radius 3 is 2.83 bits per heavy atom. The molecule has 96 valence electrons. The largest absolute Gasteiger partial charge is 0.357 e. The van der Waals surface area contributed by atoms with Gasteiger partial charge in [0.2, 0.25) is 5.91 Å². The van der Waals surface area contributed by atoms with Crippen LogP contribution in [0.4, 0.5) is 5.82 Å². The van der Waals surface area contributed by atoms with Crippen LogP contribution in [0.25, 0.3) is 0 Å². The number of nitrogens with one attached hydrogen (secondary N) is 1. The van der Waals surface area contributed by atoms with Gasteiger partial charge in [-0.25, -0.2) is 4.98 Å². The molecule has 1 fully saturated rings. The average molecular weight is 377 g/mol. The fourth-order valence-corrected chi connectivity index (χ4v) is 2.84. The van der Waals surface area contributed by atoms with E-state index in [9.17, 15) is 9.59 Å². The van der Waals surface area contributed by atoms with Crippen molar-refractivity contribution >= 4 is 49.5 Å². The highest BCUT2D eigenvalue weighted by Crippen LogP contribution is 2.25. The number of hydrogen-bond donors (Lipinski definition) is 1. The molecule has 0 saturated carbocycles. The van der Waals surface area contributed by atoms with Gasteiger partial charge in [-0.3, -0.25) is 14.5 Å². The number of nitrogens with zero attached hydrogens (tertiary/aromatic N) is 2. The Bertz CT molecular complexity index is 507. The standard InChI is InChI=1S/C11H11Br2N3O2/c1-16-9(17)3-2-8(11(16)18)15-10-7(13)4-6(12)5-14-10/h4-5,8H,2-3H2,1H3,(H,14,15). The molecule has 18 heavy (non-hydrogen) atoms. The van der Waals surface area contributed by atoms with Gasteiger partial charge in [0.25, 0.3) is 5.91 Å². The molecule has 1 atom stereocenters. The van der Waals surface area contributed by atoms with E-state index < -0.39 is 6.04 Å². The van der Waals surface area contributed by atoms with Gasteiger partial charge in [0.05, 0.1) is 4.47 Å². The van der Waals surface area contributed by atoms with Crippen LogP contribution in [0.2, 0.25) is 0 Å². The summed E-state index contributed by atoms with van der Waals surface area (Å²) < 4.78 is 1.62. The third kappa shape index (κ3) is 2.72. The van der Waals surface area contributed by atoms with Crippen LogP contribution in [0, 0.1) is 0 Å². The molecular formula is C11H11Br2N3O2. The highest BCUT2D eigenvalue weighted by Gasteiger charge is 2.32. The van der Waals surface area contributed by atoms with Crippen LogP contribution in [0.5, 0.6) is 0 Å². The minimum atomic E-state index is -0.405. The first-order valence-corrected chi connectivity index (χ1v) is 6.95. The van der Waals surface area contributed by atoms with Gasteiger partial charge < -0.3 is 5.32 Å². The molecule has 1 unspecified atom stereocenters. The lowest BCUT2D eigenvalue weighted by Crippen LogP contribution is -2.48. The lowest BCUT2D eigenvalue weighted by molar-refractivity contribution is -0.146. The molecule has 5 nitrogen and oxygen atoms in total. The zero-order chi connectivity index (χ0) is 13.3. The molecule has 2 amide bonds. The molecule has 0 aromatic carbocycles. The van der Waals surface area contributed by atoms with Crippen LogP contribution in [0.1, 0.15) is 12.8 Å². The van der Waals surface area contributed by atoms with Crippen LogP contribution in [-0.4, -0.2) is 34.8 Å². The first-order valence-electron chi connectivity index (χ1n) is 5.37. The Balaban J connectivity index is 2.14. The summed E-state index contributed by atoms with van der Waals surface area (Å²) in [4.78, 5) is 28.6. The van der Waals surface area contributed by atoms with Crippen molar-refractivity contribution in [1.82, 2.24) is 9.88 Å². The van der Waals surface area contributed by atoms with E-state index in [1.54, 1.807) is 6.20 Å². The van der Waals surface area contributed by atoms with Crippen molar-refractivity contribution in [2.75, 3.05) is 12.4 Å². The minimum absolute atomic E-state index is 0.138. The third-order valence-corrected chi connectivity index (χ3v) is 3.81. The maximum Gasteiger partial charge on any atom is 0.251 e. The minimum Gasteiger partial charge on any atom is -0.357 e. The molecule has 1 aliphatic heterocycles. The van der Waals surface area contributed by atoms with E-state index in [0.717, 1.165) is 13.8 Å². The molecule has 0 spiro atoms. The number of imide groups is 1.